The van der Waals surface area contributed by atoms with Crippen molar-refractivity contribution in [3.05, 3.63) is 42.0 Å². The van der Waals surface area contributed by atoms with E-state index in [-0.39, 0.29) is 5.82 Å². The molecule has 0 saturated carbocycles. The molecule has 0 radical (unpaired) electrons. The van der Waals surface area contributed by atoms with Gasteiger partial charge in [0.2, 0.25) is 0 Å². The lowest BCUT2D eigenvalue weighted by Gasteiger charge is -2.21. The van der Waals surface area contributed by atoms with Crippen molar-refractivity contribution in [3.63, 3.8) is 0 Å². The number of methoxy groups -OCH3 is 1. The highest BCUT2D eigenvalue weighted by Gasteiger charge is 2.19. The van der Waals surface area contributed by atoms with Crippen molar-refractivity contribution in [2.45, 2.75) is 18.8 Å². The van der Waals surface area contributed by atoms with Crippen molar-refractivity contribution in [2.75, 3.05) is 20.2 Å². The van der Waals surface area contributed by atoms with E-state index in [0.717, 1.165) is 31.6 Å². The van der Waals surface area contributed by atoms with Crippen LogP contribution in [0.4, 0.5) is 4.39 Å². The van der Waals surface area contributed by atoms with E-state index in [1.54, 1.807) is 17.9 Å². The van der Waals surface area contributed by atoms with Crippen LogP contribution in [-0.4, -0.2) is 45.2 Å². The number of rotatable bonds is 3. The number of aromatic nitrogens is 5. The fourth-order valence-corrected chi connectivity index (χ4v) is 3.97. The Hall–Kier alpha value is -3.13. The molecule has 8 heteroatoms. The number of fused-ring (bicyclic) bond motifs is 2. The summed E-state index contributed by atoms with van der Waals surface area (Å²) >= 11 is 0. The molecular formula is C21H21FN6O. The molecule has 0 spiro atoms. The van der Waals surface area contributed by atoms with E-state index in [9.17, 15) is 0 Å². The van der Waals surface area contributed by atoms with E-state index in [4.69, 9.17) is 4.74 Å². The third-order valence-electron chi connectivity index (χ3n) is 5.50. The molecule has 148 valence electrons. The molecular weight excluding hydrogens is 371 g/mol. The molecule has 1 fully saturated rings. The van der Waals surface area contributed by atoms with Crippen LogP contribution in [0.3, 0.4) is 0 Å². The van der Waals surface area contributed by atoms with Crippen molar-refractivity contribution < 1.29 is 9.13 Å². The third kappa shape index (κ3) is 3.19. The summed E-state index contributed by atoms with van der Waals surface area (Å²) in [4.78, 5) is 4.63. The van der Waals surface area contributed by atoms with E-state index < -0.39 is 0 Å². The fourth-order valence-electron chi connectivity index (χ4n) is 3.97. The Labute approximate surface area is 166 Å². The van der Waals surface area contributed by atoms with Gasteiger partial charge in [-0.3, -0.25) is 4.68 Å². The van der Waals surface area contributed by atoms with Gasteiger partial charge >= 0.3 is 0 Å². The van der Waals surface area contributed by atoms with Crippen LogP contribution in [0.2, 0.25) is 0 Å². The molecule has 0 unspecified atom stereocenters. The maximum Gasteiger partial charge on any atom is 0.153 e. The van der Waals surface area contributed by atoms with Crippen LogP contribution in [0.5, 0.6) is 5.75 Å². The van der Waals surface area contributed by atoms with Gasteiger partial charge in [-0.2, -0.15) is 15.3 Å². The van der Waals surface area contributed by atoms with Crippen molar-refractivity contribution in [1.82, 2.24) is 30.3 Å². The minimum Gasteiger partial charge on any atom is -0.494 e. The molecule has 1 aliphatic rings. The lowest BCUT2D eigenvalue weighted by molar-refractivity contribution is 0.418. The number of nitrogens with one attached hydrogen (secondary N) is 1. The van der Waals surface area contributed by atoms with Crippen LogP contribution < -0.4 is 10.1 Å². The van der Waals surface area contributed by atoms with Crippen LogP contribution >= 0.6 is 0 Å². The number of ether oxygens (including phenoxy) is 1. The maximum atomic E-state index is 15.0. The van der Waals surface area contributed by atoms with Crippen LogP contribution in [0, 0.1) is 5.82 Å². The van der Waals surface area contributed by atoms with Crippen molar-refractivity contribution in [3.8, 4) is 17.0 Å². The van der Waals surface area contributed by atoms with E-state index in [0.29, 0.717) is 44.9 Å². The first kappa shape index (κ1) is 17.9. The third-order valence-corrected chi connectivity index (χ3v) is 5.50. The number of halogens is 1. The molecule has 3 aromatic heterocycles. The number of pyridine rings is 1. The molecule has 4 heterocycles. The van der Waals surface area contributed by atoms with Gasteiger partial charge < -0.3 is 10.1 Å². The molecule has 0 aliphatic carbocycles. The predicted molar refractivity (Wildman–Crippen MR) is 108 cm³/mol. The lowest BCUT2D eigenvalue weighted by Crippen LogP contribution is -2.27. The van der Waals surface area contributed by atoms with E-state index in [1.165, 1.54) is 6.07 Å². The summed E-state index contributed by atoms with van der Waals surface area (Å²) in [6, 6.07) is 6.93. The Morgan fingerprint density at radius 3 is 2.72 bits per heavy atom. The second-order valence-electron chi connectivity index (χ2n) is 7.43. The normalized spacial score (nSPS) is 15.3. The van der Waals surface area contributed by atoms with Crippen LogP contribution in [0.15, 0.2) is 30.5 Å². The van der Waals surface area contributed by atoms with Gasteiger partial charge in [0.25, 0.3) is 0 Å². The average molecular weight is 392 g/mol. The molecule has 29 heavy (non-hydrogen) atoms. The van der Waals surface area contributed by atoms with Crippen LogP contribution in [0.25, 0.3) is 33.2 Å². The van der Waals surface area contributed by atoms with Crippen molar-refractivity contribution in [2.24, 2.45) is 7.05 Å². The molecule has 1 aliphatic heterocycles. The molecule has 1 aromatic carbocycles. The van der Waals surface area contributed by atoms with Gasteiger partial charge in [-0.05, 0) is 44.1 Å². The average Bonchev–Trinajstić information content (AvgIpc) is 3.13. The number of aryl methyl sites for hydroxylation is 1. The maximum absolute atomic E-state index is 15.0. The van der Waals surface area contributed by atoms with Crippen molar-refractivity contribution in [1.29, 1.82) is 0 Å². The Balaban J connectivity index is 1.60. The van der Waals surface area contributed by atoms with Gasteiger partial charge in [0.05, 0.1) is 30.2 Å². The molecule has 0 atom stereocenters. The largest absolute Gasteiger partial charge is 0.494 e. The van der Waals surface area contributed by atoms with E-state index >= 15 is 4.39 Å². The Morgan fingerprint density at radius 2 is 1.93 bits per heavy atom. The first-order valence-corrected chi connectivity index (χ1v) is 9.69. The predicted octanol–water partition coefficient (Wildman–Crippen LogP) is 3.19. The molecule has 1 N–H and O–H groups in total. The highest BCUT2D eigenvalue weighted by atomic mass is 19.1. The Morgan fingerprint density at radius 1 is 1.10 bits per heavy atom. The first-order chi connectivity index (χ1) is 14.1. The number of hydrogen-bond acceptors (Lipinski definition) is 6. The molecule has 0 bridgehead atoms. The minimum absolute atomic E-state index is 0.324. The minimum atomic E-state index is -0.324. The van der Waals surface area contributed by atoms with E-state index in [1.807, 2.05) is 25.4 Å². The van der Waals surface area contributed by atoms with Crippen LogP contribution in [-0.2, 0) is 7.05 Å². The first-order valence-electron chi connectivity index (χ1n) is 9.69. The summed E-state index contributed by atoms with van der Waals surface area (Å²) < 4.78 is 22.2. The molecule has 7 nitrogen and oxygen atoms in total. The van der Waals surface area contributed by atoms with Gasteiger partial charge in [-0.15, -0.1) is 0 Å². The summed E-state index contributed by atoms with van der Waals surface area (Å²) in [6.07, 6.45) is 3.80. The van der Waals surface area contributed by atoms with Gasteiger partial charge in [0.1, 0.15) is 11.3 Å². The molecule has 1 saturated heterocycles. The standard InChI is InChI=1S/C21H21FN6O/c1-28-11-19-21(27-28)20(29-2)10-16(24-19)13-7-15(22)14-9-17(25-26-18(14)8-13)12-3-5-23-6-4-12/h7-12,23H,3-6H2,1-2H3. The summed E-state index contributed by atoms with van der Waals surface area (Å²) in [5.74, 6) is 0.597. The zero-order valence-electron chi connectivity index (χ0n) is 16.3. The zero-order chi connectivity index (χ0) is 20.0. The van der Waals surface area contributed by atoms with Gasteiger partial charge in [0.15, 0.2) is 11.3 Å². The summed E-state index contributed by atoms with van der Waals surface area (Å²) in [5, 5.41) is 16.9. The Kier molecular flexibility index (Phi) is 4.35. The summed E-state index contributed by atoms with van der Waals surface area (Å²) in [7, 11) is 3.41. The number of benzene rings is 1. The summed E-state index contributed by atoms with van der Waals surface area (Å²) in [6.45, 7) is 1.91. The second kappa shape index (κ2) is 7.04. The monoisotopic (exact) mass is 392 g/mol. The summed E-state index contributed by atoms with van der Waals surface area (Å²) in [5.41, 5.74) is 3.98. The quantitative estimate of drug-likeness (QED) is 0.577. The topological polar surface area (TPSA) is 77.8 Å². The second-order valence-corrected chi connectivity index (χ2v) is 7.43. The SMILES string of the molecule is COc1cc(-c2cc(F)c3cc(C4CCNCC4)nnc3c2)nc2cn(C)nc12. The number of piperidine rings is 1. The van der Waals surface area contributed by atoms with E-state index in [2.05, 4.69) is 25.6 Å². The molecule has 4 aromatic rings. The fraction of sp³-hybridized carbons (Fsp3) is 0.333. The van der Waals surface area contributed by atoms with Gasteiger partial charge in [-0.1, -0.05) is 0 Å². The Bertz CT molecular complexity index is 1210. The zero-order valence-corrected chi connectivity index (χ0v) is 16.3. The van der Waals surface area contributed by atoms with Gasteiger partial charge in [-0.25, -0.2) is 9.37 Å². The number of hydrogen-bond donors (Lipinski definition) is 1. The van der Waals surface area contributed by atoms with Crippen molar-refractivity contribution >= 4 is 21.9 Å². The molecule has 0 amide bonds. The lowest BCUT2D eigenvalue weighted by atomic mass is 9.93. The highest BCUT2D eigenvalue weighted by molar-refractivity contribution is 5.88. The van der Waals surface area contributed by atoms with Crippen LogP contribution in [0.1, 0.15) is 24.5 Å². The molecule has 5 rings (SSSR count). The number of nitrogens with zero attached hydrogens (tertiary/aromatic N) is 5. The smallest absolute Gasteiger partial charge is 0.153 e. The van der Waals surface area contributed by atoms with Gasteiger partial charge in [0, 0.05) is 30.0 Å². The highest BCUT2D eigenvalue weighted by Crippen LogP contribution is 2.32.